The van der Waals surface area contributed by atoms with E-state index in [0.717, 1.165) is 0 Å². The van der Waals surface area contributed by atoms with Crippen LogP contribution in [-0.4, -0.2) is 81.6 Å². The van der Waals surface area contributed by atoms with Gasteiger partial charge in [0.05, 0.1) is 41.3 Å². The number of halogens is 1. The van der Waals surface area contributed by atoms with Crippen LogP contribution < -0.4 is 19.8 Å². The summed E-state index contributed by atoms with van der Waals surface area (Å²) < 4.78 is 45.2. The molecule has 4 rings (SSSR count). The van der Waals surface area contributed by atoms with Crippen molar-refractivity contribution in [3.8, 4) is 28.6 Å². The van der Waals surface area contributed by atoms with E-state index in [1.54, 1.807) is 12.1 Å². The van der Waals surface area contributed by atoms with Crippen LogP contribution in [-0.2, 0) is 10.0 Å². The lowest BCUT2D eigenvalue weighted by molar-refractivity contribution is 0.222. The third-order valence-electron chi connectivity index (χ3n) is 5.90. The normalized spacial score (nSPS) is 14.7. The van der Waals surface area contributed by atoms with Crippen molar-refractivity contribution in [3.63, 3.8) is 0 Å². The van der Waals surface area contributed by atoms with Gasteiger partial charge in [-0.2, -0.15) is 4.31 Å². The standard InChI is InChI=1S/C23H27BrN4O6S.C2H6/c1-5-34-16-7-6-14(35(30,31)28-10-8-27(2)9-11-28)12-15(16)22-25-21-19(23(29)26-22)17(32-3)13-18(33-4)20(21)24;1-2/h6-7,12-13H,5,8-11H2,1-4H3,(H,25,26,29);1-2H3. The number of aromatic amines is 1. The molecular formula is C25H33BrN4O6S. The summed E-state index contributed by atoms with van der Waals surface area (Å²) in [6, 6.07) is 6.20. The number of nitrogens with zero attached hydrogens (tertiary/aromatic N) is 3. The lowest BCUT2D eigenvalue weighted by atomic mass is 10.1. The summed E-state index contributed by atoms with van der Waals surface area (Å²) in [5.41, 5.74) is 0.226. The molecule has 0 amide bonds. The molecule has 2 heterocycles. The van der Waals surface area contributed by atoms with E-state index >= 15 is 0 Å². The predicted molar refractivity (Wildman–Crippen MR) is 147 cm³/mol. The first kappa shape index (κ1) is 28.9. The van der Waals surface area contributed by atoms with Gasteiger partial charge in [0.2, 0.25) is 10.0 Å². The van der Waals surface area contributed by atoms with Gasteiger partial charge in [0, 0.05) is 32.2 Å². The van der Waals surface area contributed by atoms with Crippen LogP contribution in [0.4, 0.5) is 0 Å². The Bertz CT molecular complexity index is 1420. The molecule has 0 unspecified atom stereocenters. The van der Waals surface area contributed by atoms with E-state index in [2.05, 4.69) is 30.8 Å². The number of H-pyrrole nitrogens is 1. The average Bonchev–Trinajstić information content (AvgIpc) is 2.90. The van der Waals surface area contributed by atoms with Crippen molar-refractivity contribution < 1.29 is 22.6 Å². The van der Waals surface area contributed by atoms with Gasteiger partial charge in [-0.15, -0.1) is 0 Å². The van der Waals surface area contributed by atoms with E-state index in [1.807, 2.05) is 27.8 Å². The Morgan fingerprint density at radius 1 is 1.03 bits per heavy atom. The Hall–Kier alpha value is -2.67. The summed E-state index contributed by atoms with van der Waals surface area (Å²) >= 11 is 3.47. The Balaban J connectivity index is 0.00000186. The van der Waals surface area contributed by atoms with Crippen molar-refractivity contribution in [2.45, 2.75) is 25.7 Å². The maximum Gasteiger partial charge on any atom is 0.262 e. The average molecular weight is 598 g/mol. The molecule has 0 spiro atoms. The molecule has 1 aromatic heterocycles. The fraction of sp³-hybridized carbons (Fsp3) is 0.440. The number of rotatable bonds is 7. The monoisotopic (exact) mass is 596 g/mol. The lowest BCUT2D eigenvalue weighted by Gasteiger charge is -2.31. The van der Waals surface area contributed by atoms with Crippen molar-refractivity contribution in [1.29, 1.82) is 0 Å². The van der Waals surface area contributed by atoms with Crippen LogP contribution in [0, 0.1) is 0 Å². The highest BCUT2D eigenvalue weighted by atomic mass is 79.9. The van der Waals surface area contributed by atoms with Gasteiger partial charge in [0.15, 0.2) is 0 Å². The zero-order valence-corrected chi connectivity index (χ0v) is 24.3. The zero-order valence-electron chi connectivity index (χ0n) is 21.9. The van der Waals surface area contributed by atoms with Gasteiger partial charge < -0.3 is 24.1 Å². The zero-order chi connectivity index (χ0) is 27.3. The summed E-state index contributed by atoms with van der Waals surface area (Å²) in [5.74, 6) is 1.31. The summed E-state index contributed by atoms with van der Waals surface area (Å²) in [4.78, 5) is 22.7. The molecule has 1 aliphatic heterocycles. The van der Waals surface area contributed by atoms with Gasteiger partial charge in [-0.05, 0) is 48.1 Å². The van der Waals surface area contributed by atoms with Gasteiger partial charge >= 0.3 is 0 Å². The van der Waals surface area contributed by atoms with Crippen LogP contribution >= 0.6 is 15.9 Å². The molecule has 3 aromatic rings. The molecule has 10 nitrogen and oxygen atoms in total. The maximum absolute atomic E-state index is 13.4. The number of ether oxygens (including phenoxy) is 3. The number of methoxy groups -OCH3 is 2. The first-order chi connectivity index (χ1) is 17.7. The molecule has 12 heteroatoms. The molecule has 37 heavy (non-hydrogen) atoms. The number of hydrogen-bond acceptors (Lipinski definition) is 8. The molecule has 1 aliphatic rings. The van der Waals surface area contributed by atoms with Gasteiger partial charge in [-0.1, -0.05) is 13.8 Å². The summed E-state index contributed by atoms with van der Waals surface area (Å²) in [6.07, 6.45) is 0. The van der Waals surface area contributed by atoms with E-state index in [1.165, 1.54) is 30.7 Å². The Labute approximate surface area is 225 Å². The minimum absolute atomic E-state index is 0.102. The molecule has 0 aliphatic carbocycles. The van der Waals surface area contributed by atoms with Crippen molar-refractivity contribution in [3.05, 3.63) is 39.1 Å². The molecule has 1 fully saturated rings. The van der Waals surface area contributed by atoms with Crippen LogP contribution in [0.3, 0.4) is 0 Å². The van der Waals surface area contributed by atoms with Crippen molar-refractivity contribution in [2.75, 3.05) is 54.1 Å². The first-order valence-corrected chi connectivity index (χ1v) is 14.2. The number of fused-ring (bicyclic) bond motifs is 1. The van der Waals surface area contributed by atoms with Crippen molar-refractivity contribution >= 4 is 36.9 Å². The van der Waals surface area contributed by atoms with E-state index in [0.29, 0.717) is 65.6 Å². The van der Waals surface area contributed by atoms with Crippen molar-refractivity contribution in [1.82, 2.24) is 19.2 Å². The number of nitrogens with one attached hydrogen (secondary N) is 1. The van der Waals surface area contributed by atoms with Gasteiger partial charge in [-0.3, -0.25) is 4.79 Å². The second-order valence-electron chi connectivity index (χ2n) is 8.03. The third-order valence-corrected chi connectivity index (χ3v) is 8.56. The highest BCUT2D eigenvalue weighted by Gasteiger charge is 2.29. The third kappa shape index (κ3) is 5.77. The minimum atomic E-state index is -3.75. The summed E-state index contributed by atoms with van der Waals surface area (Å²) in [5, 5.41) is 0.239. The van der Waals surface area contributed by atoms with Gasteiger partial charge in [0.25, 0.3) is 5.56 Å². The van der Waals surface area contributed by atoms with Gasteiger partial charge in [0.1, 0.15) is 28.5 Å². The molecular weight excluding hydrogens is 564 g/mol. The van der Waals surface area contributed by atoms with E-state index < -0.39 is 15.6 Å². The van der Waals surface area contributed by atoms with Crippen LogP contribution in [0.15, 0.2) is 38.4 Å². The second kappa shape index (κ2) is 12.2. The fourth-order valence-electron chi connectivity index (χ4n) is 3.98. The topological polar surface area (TPSA) is 114 Å². The number of sulfonamides is 1. The molecule has 202 valence electrons. The molecule has 0 radical (unpaired) electrons. The Morgan fingerprint density at radius 2 is 1.68 bits per heavy atom. The SMILES string of the molecule is CC.CCOc1ccc(S(=O)(=O)N2CCN(C)CC2)cc1-c1nc2c(Br)c(OC)cc(OC)c2c(=O)[nH]1. The first-order valence-electron chi connectivity index (χ1n) is 12.0. The van der Waals surface area contributed by atoms with Crippen LogP contribution in [0.25, 0.3) is 22.3 Å². The van der Waals surface area contributed by atoms with Crippen LogP contribution in [0.5, 0.6) is 17.2 Å². The number of likely N-dealkylation sites (N-methyl/N-ethyl adjacent to an activating group) is 1. The number of benzene rings is 2. The fourth-order valence-corrected chi connectivity index (χ4v) is 5.99. The highest BCUT2D eigenvalue weighted by molar-refractivity contribution is 9.10. The quantitative estimate of drug-likeness (QED) is 0.439. The van der Waals surface area contributed by atoms with E-state index in [9.17, 15) is 13.2 Å². The van der Waals surface area contributed by atoms with Crippen LogP contribution in [0.1, 0.15) is 20.8 Å². The number of aromatic nitrogens is 2. The van der Waals surface area contributed by atoms with Crippen molar-refractivity contribution in [2.24, 2.45) is 0 Å². The van der Waals surface area contributed by atoms with E-state index in [-0.39, 0.29) is 16.1 Å². The molecule has 0 atom stereocenters. The second-order valence-corrected chi connectivity index (χ2v) is 10.8. The molecule has 2 aromatic carbocycles. The molecule has 0 bridgehead atoms. The molecule has 1 saturated heterocycles. The highest BCUT2D eigenvalue weighted by Crippen LogP contribution is 2.38. The summed E-state index contributed by atoms with van der Waals surface area (Å²) in [6.45, 7) is 8.28. The number of hydrogen-bond donors (Lipinski definition) is 1. The predicted octanol–water partition coefficient (Wildman–Crippen LogP) is 3.73. The molecule has 0 saturated carbocycles. The summed E-state index contributed by atoms with van der Waals surface area (Å²) in [7, 11) is 1.17. The van der Waals surface area contributed by atoms with Crippen LogP contribution in [0.2, 0.25) is 0 Å². The minimum Gasteiger partial charge on any atom is -0.496 e. The van der Waals surface area contributed by atoms with Gasteiger partial charge in [-0.25, -0.2) is 13.4 Å². The maximum atomic E-state index is 13.4. The molecule has 1 N–H and O–H groups in total. The van der Waals surface area contributed by atoms with E-state index in [4.69, 9.17) is 14.2 Å². The number of piperazine rings is 1. The Morgan fingerprint density at radius 3 is 2.27 bits per heavy atom. The lowest BCUT2D eigenvalue weighted by Crippen LogP contribution is -2.47. The largest absolute Gasteiger partial charge is 0.496 e. The Kier molecular flexibility index (Phi) is 9.57. The smallest absolute Gasteiger partial charge is 0.262 e.